The topological polar surface area (TPSA) is 118 Å². The zero-order valence-electron chi connectivity index (χ0n) is 41.7. The van der Waals surface area contributed by atoms with Crippen LogP contribution in [-0.2, 0) is 0 Å². The first-order valence-electron chi connectivity index (χ1n) is 24.3. The molecule has 0 spiro atoms. The second kappa shape index (κ2) is 27.3. The number of aliphatic hydroxyl groups excluding tert-OH is 4. The minimum absolute atomic E-state index is 0.0949. The van der Waals surface area contributed by atoms with Crippen LogP contribution in [0.15, 0.2) is 60.7 Å². The molecule has 0 heterocycles. The highest BCUT2D eigenvalue weighted by Gasteiger charge is 2.97. The van der Waals surface area contributed by atoms with Crippen LogP contribution < -0.4 is 18.9 Å². The lowest BCUT2D eigenvalue weighted by Crippen LogP contribution is -2.76. The van der Waals surface area contributed by atoms with E-state index in [4.69, 9.17) is 29.2 Å². The van der Waals surface area contributed by atoms with Gasteiger partial charge in [-0.15, -0.1) is 0 Å². The molecule has 0 saturated carbocycles. The summed E-state index contributed by atoms with van der Waals surface area (Å²) in [5.41, 5.74) is 1.71. The Morgan fingerprint density at radius 1 is 0.380 bits per heavy atom. The maximum atomic E-state index is 14.7. The molecule has 79 heavy (non-hydrogen) atoms. The van der Waals surface area contributed by atoms with Gasteiger partial charge in [0.15, 0.2) is 0 Å². The molecule has 0 aliphatic carbocycles. The molecule has 3 aromatic rings. The number of benzene rings is 3. The van der Waals surface area contributed by atoms with Crippen molar-refractivity contribution in [2.75, 3.05) is 39.6 Å². The number of rotatable bonds is 36. The van der Waals surface area contributed by atoms with Gasteiger partial charge in [0, 0.05) is 17.5 Å². The summed E-state index contributed by atoms with van der Waals surface area (Å²) in [6.45, 7) is 0.244. The second-order valence-electron chi connectivity index (χ2n) is 18.3. The SMILES string of the molecule is CCCCCCCCCCOc1cc(-c2ccc(OCC(O)CO)cc2)c(OCCCCCCC(F)(F)C(F)(F)C(F)(F)C(F)(F)C(F)(F)C(F)(F)C(F)(F)C(F)(F)C(F)(F)C(F)(F)F)cc1-c1ccc(OCC(O)CO)cc1. The van der Waals surface area contributed by atoms with E-state index < -0.39 is 104 Å². The number of hydrogen-bond donors (Lipinski definition) is 4. The van der Waals surface area contributed by atoms with Crippen molar-refractivity contribution >= 4 is 0 Å². The molecule has 0 saturated heterocycles. The molecule has 8 nitrogen and oxygen atoms in total. The van der Waals surface area contributed by atoms with Gasteiger partial charge in [-0.05, 0) is 66.8 Å². The van der Waals surface area contributed by atoms with E-state index in [0.717, 1.165) is 44.9 Å². The summed E-state index contributed by atoms with van der Waals surface area (Å²) >= 11 is 0. The number of hydrogen-bond acceptors (Lipinski definition) is 8. The highest BCUT2D eigenvalue weighted by atomic mass is 19.4. The third-order valence-electron chi connectivity index (χ3n) is 12.2. The van der Waals surface area contributed by atoms with Crippen LogP contribution in [0.5, 0.6) is 23.0 Å². The normalized spacial score (nSPS) is 14.6. The van der Waals surface area contributed by atoms with Gasteiger partial charge in [0.2, 0.25) is 0 Å². The molecule has 0 fully saturated rings. The number of alkyl halides is 21. The molecule has 0 radical (unpaired) electrons. The Morgan fingerprint density at radius 2 is 0.684 bits per heavy atom. The largest absolute Gasteiger partial charge is 0.493 e. The van der Waals surface area contributed by atoms with E-state index in [2.05, 4.69) is 6.92 Å². The van der Waals surface area contributed by atoms with E-state index in [1.54, 1.807) is 30.3 Å². The smallest absolute Gasteiger partial charge is 0.460 e. The predicted molar refractivity (Wildman–Crippen MR) is 242 cm³/mol. The third-order valence-corrected chi connectivity index (χ3v) is 12.2. The first-order chi connectivity index (χ1) is 36.4. The van der Waals surface area contributed by atoms with Gasteiger partial charge in [-0.2, -0.15) is 92.2 Å². The third kappa shape index (κ3) is 15.2. The van der Waals surface area contributed by atoms with Crippen molar-refractivity contribution in [3.05, 3.63) is 60.7 Å². The summed E-state index contributed by atoms with van der Waals surface area (Å²) in [7, 11) is 0. The van der Waals surface area contributed by atoms with Crippen LogP contribution in [0, 0.1) is 0 Å². The quantitative estimate of drug-likeness (QED) is 0.0336. The molecule has 0 aliphatic heterocycles. The first-order valence-corrected chi connectivity index (χ1v) is 24.3. The number of ether oxygens (including phenoxy) is 4. The Bertz CT molecular complexity index is 2320. The molecule has 29 heteroatoms. The predicted octanol–water partition coefficient (Wildman–Crippen LogP) is 14.6. The summed E-state index contributed by atoms with van der Waals surface area (Å²) in [6.07, 6.45) is -8.06. The van der Waals surface area contributed by atoms with Crippen LogP contribution in [0.3, 0.4) is 0 Å². The molecule has 2 unspecified atom stereocenters. The lowest BCUT2D eigenvalue weighted by molar-refractivity contribution is -0.474. The van der Waals surface area contributed by atoms with Gasteiger partial charge in [-0.25, -0.2) is 0 Å². The van der Waals surface area contributed by atoms with E-state index in [1.807, 2.05) is 0 Å². The highest BCUT2D eigenvalue weighted by Crippen LogP contribution is 2.66. The zero-order valence-corrected chi connectivity index (χ0v) is 41.7. The number of aliphatic hydroxyl groups is 4. The fourth-order valence-electron chi connectivity index (χ4n) is 7.35. The lowest BCUT2D eigenvalue weighted by Gasteiger charge is -2.44. The van der Waals surface area contributed by atoms with Crippen LogP contribution >= 0.6 is 0 Å². The van der Waals surface area contributed by atoms with Gasteiger partial charge in [0.05, 0.1) is 26.4 Å². The maximum Gasteiger partial charge on any atom is 0.460 e. The van der Waals surface area contributed by atoms with Gasteiger partial charge < -0.3 is 39.4 Å². The molecule has 3 rings (SSSR count). The number of unbranched alkanes of at least 4 members (excludes halogenated alkanes) is 10. The van der Waals surface area contributed by atoms with E-state index in [-0.39, 0.29) is 56.5 Å². The van der Waals surface area contributed by atoms with Crippen LogP contribution in [0.4, 0.5) is 92.2 Å². The Kier molecular flexibility index (Phi) is 23.7. The fourth-order valence-corrected chi connectivity index (χ4v) is 7.35. The molecule has 452 valence electrons. The first kappa shape index (κ1) is 68.5. The minimum Gasteiger partial charge on any atom is -0.493 e. The monoisotopic (exact) mass is 1180 g/mol. The van der Waals surface area contributed by atoms with Crippen molar-refractivity contribution in [2.24, 2.45) is 0 Å². The minimum atomic E-state index is -9.23. The van der Waals surface area contributed by atoms with Gasteiger partial charge >= 0.3 is 59.5 Å². The van der Waals surface area contributed by atoms with Gasteiger partial charge in [0.25, 0.3) is 0 Å². The Balaban J connectivity index is 1.88. The van der Waals surface area contributed by atoms with Gasteiger partial charge in [0.1, 0.15) is 48.4 Å². The molecule has 3 aromatic carbocycles. The second-order valence-corrected chi connectivity index (χ2v) is 18.3. The van der Waals surface area contributed by atoms with Crippen molar-refractivity contribution < 1.29 is 132 Å². The molecule has 4 N–H and O–H groups in total. The van der Waals surface area contributed by atoms with Crippen LogP contribution in [0.25, 0.3) is 22.3 Å². The van der Waals surface area contributed by atoms with Crippen molar-refractivity contribution in [1.29, 1.82) is 0 Å². The van der Waals surface area contributed by atoms with Gasteiger partial charge in [-0.3, -0.25) is 0 Å². The average Bonchev–Trinajstić information content (AvgIpc) is 3.57. The van der Waals surface area contributed by atoms with Gasteiger partial charge in [-0.1, -0.05) is 89.0 Å². The summed E-state index contributed by atoms with van der Waals surface area (Å²) < 4.78 is 314. The van der Waals surface area contributed by atoms with Crippen molar-refractivity contribution in [3.8, 4) is 45.3 Å². The zero-order chi connectivity index (χ0) is 60.1. The summed E-state index contributed by atoms with van der Waals surface area (Å²) in [6, 6.07) is 15.5. The van der Waals surface area contributed by atoms with Crippen molar-refractivity contribution in [2.45, 2.75) is 162 Å². The van der Waals surface area contributed by atoms with E-state index >= 15 is 0 Å². The highest BCUT2D eigenvalue weighted by molar-refractivity contribution is 5.81. The Hall–Kier alpha value is -4.77. The summed E-state index contributed by atoms with van der Waals surface area (Å²) in [5.74, 6) is -76.4. The lowest BCUT2D eigenvalue weighted by atomic mass is 9.85. The molecule has 2 atom stereocenters. The average molecular weight is 1180 g/mol. The van der Waals surface area contributed by atoms with E-state index in [9.17, 15) is 102 Å². The molecule has 0 aliphatic rings. The molecular weight excluding hydrogens is 1130 g/mol. The van der Waals surface area contributed by atoms with E-state index in [0.29, 0.717) is 34.4 Å². The maximum absolute atomic E-state index is 14.7. The molecule has 0 amide bonds. The Labute approximate surface area is 438 Å². The standard InChI is InChI=1S/C50H57F21O8/c1-2-3-4-5-6-7-9-12-23-76-39-25-38(32-16-20-36(21-17-32)79-30-34(75)28-73)40(26-37(39)31-14-18-35(19-15-31)78-29-33(74)27-72)77-24-13-10-8-11-22-41(51,52)42(53,54)43(55,56)44(57,58)45(59,60)46(61,62)47(63,64)48(65,66)49(67,68)50(69,70)71/h14-21,25-26,33-34,72-75H,2-13,22-24,27-30H2,1H3. The van der Waals surface area contributed by atoms with Crippen LogP contribution in [-0.4, -0.2) is 132 Å². The molecular formula is C50H57F21O8. The van der Waals surface area contributed by atoms with E-state index in [1.165, 1.54) is 30.3 Å². The molecule has 0 aromatic heterocycles. The van der Waals surface area contributed by atoms with Crippen molar-refractivity contribution in [3.63, 3.8) is 0 Å². The fraction of sp³-hybridized carbons (Fsp3) is 0.640. The molecule has 0 bridgehead atoms. The van der Waals surface area contributed by atoms with Crippen molar-refractivity contribution in [1.82, 2.24) is 0 Å². The van der Waals surface area contributed by atoms with Crippen LogP contribution in [0.1, 0.15) is 90.4 Å². The van der Waals surface area contributed by atoms with Crippen LogP contribution in [0.2, 0.25) is 0 Å². The summed E-state index contributed by atoms with van der Waals surface area (Å²) in [4.78, 5) is 0. The number of halogens is 21. The Morgan fingerprint density at radius 3 is 1.01 bits per heavy atom. The summed E-state index contributed by atoms with van der Waals surface area (Å²) in [5, 5.41) is 37.7.